The number of carbonyl (C=O) groups is 1. The Bertz CT molecular complexity index is 767. The summed E-state index contributed by atoms with van der Waals surface area (Å²) in [6, 6.07) is 14.3. The third kappa shape index (κ3) is 2.59. The summed E-state index contributed by atoms with van der Waals surface area (Å²) in [4.78, 5) is 12.3. The van der Waals surface area contributed by atoms with Gasteiger partial charge in [0.15, 0.2) is 0 Å². The number of nitrogens with two attached hydrogens (primary N) is 1. The zero-order valence-corrected chi connectivity index (χ0v) is 11.1. The summed E-state index contributed by atoms with van der Waals surface area (Å²) < 4.78 is 1.59. The standard InChI is InChI=1S/C15H13N5O/c16-12-6-2-1-5-11(12)15(21)18-13-7-3-4-8-14(13)20-10-9-17-19-20/h1-10H,16H2,(H,18,21). The molecule has 1 heterocycles. The molecule has 0 saturated heterocycles. The predicted molar refractivity (Wildman–Crippen MR) is 80.2 cm³/mol. The Hall–Kier alpha value is -3.15. The van der Waals surface area contributed by atoms with E-state index in [1.165, 1.54) is 0 Å². The summed E-state index contributed by atoms with van der Waals surface area (Å²) in [5.41, 5.74) is 8.06. The van der Waals surface area contributed by atoms with Crippen LogP contribution >= 0.6 is 0 Å². The van der Waals surface area contributed by atoms with Crippen LogP contribution in [0, 0.1) is 0 Å². The Morgan fingerprint density at radius 2 is 1.86 bits per heavy atom. The van der Waals surface area contributed by atoms with Crippen molar-refractivity contribution in [2.45, 2.75) is 0 Å². The zero-order valence-electron chi connectivity index (χ0n) is 11.1. The van der Waals surface area contributed by atoms with Crippen LogP contribution in [0.4, 0.5) is 11.4 Å². The summed E-state index contributed by atoms with van der Waals surface area (Å²) >= 11 is 0. The molecule has 0 fully saturated rings. The molecule has 6 heteroatoms. The number of carbonyl (C=O) groups excluding carboxylic acids is 1. The second-order valence-corrected chi connectivity index (χ2v) is 4.41. The van der Waals surface area contributed by atoms with Crippen molar-refractivity contribution in [2.24, 2.45) is 0 Å². The van der Waals surface area contributed by atoms with Crippen molar-refractivity contribution >= 4 is 17.3 Å². The average Bonchev–Trinajstić information content (AvgIpc) is 3.02. The van der Waals surface area contributed by atoms with Crippen molar-refractivity contribution in [3.8, 4) is 5.69 Å². The highest BCUT2D eigenvalue weighted by Crippen LogP contribution is 2.20. The van der Waals surface area contributed by atoms with Gasteiger partial charge in [0.2, 0.25) is 0 Å². The van der Waals surface area contributed by atoms with Crippen LogP contribution in [0.3, 0.4) is 0 Å². The van der Waals surface area contributed by atoms with E-state index in [0.717, 1.165) is 5.69 Å². The highest BCUT2D eigenvalue weighted by molar-refractivity contribution is 6.08. The van der Waals surface area contributed by atoms with Crippen LogP contribution in [0.5, 0.6) is 0 Å². The van der Waals surface area contributed by atoms with Crippen LogP contribution in [0.2, 0.25) is 0 Å². The summed E-state index contributed by atoms with van der Waals surface area (Å²) in [5, 5.41) is 10.6. The third-order valence-corrected chi connectivity index (χ3v) is 3.03. The van der Waals surface area contributed by atoms with E-state index < -0.39 is 0 Å². The number of rotatable bonds is 3. The van der Waals surface area contributed by atoms with Gasteiger partial charge in [0.1, 0.15) is 0 Å². The Morgan fingerprint density at radius 3 is 2.62 bits per heavy atom. The summed E-state index contributed by atoms with van der Waals surface area (Å²) in [5.74, 6) is -0.263. The lowest BCUT2D eigenvalue weighted by molar-refractivity contribution is 0.102. The van der Waals surface area contributed by atoms with E-state index in [4.69, 9.17) is 5.73 Å². The second kappa shape index (κ2) is 5.46. The van der Waals surface area contributed by atoms with Gasteiger partial charge in [-0.3, -0.25) is 4.79 Å². The fraction of sp³-hybridized carbons (Fsp3) is 0. The highest BCUT2D eigenvalue weighted by Gasteiger charge is 2.12. The van der Waals surface area contributed by atoms with Gasteiger partial charge >= 0.3 is 0 Å². The average molecular weight is 279 g/mol. The second-order valence-electron chi connectivity index (χ2n) is 4.41. The molecule has 2 aromatic carbocycles. The van der Waals surface area contributed by atoms with Crippen molar-refractivity contribution in [1.82, 2.24) is 15.0 Å². The molecule has 0 unspecified atom stereocenters. The molecule has 0 aliphatic carbocycles. The molecule has 0 bridgehead atoms. The van der Waals surface area contributed by atoms with Crippen molar-refractivity contribution in [3.63, 3.8) is 0 Å². The van der Waals surface area contributed by atoms with Gasteiger partial charge in [0.25, 0.3) is 5.91 Å². The molecular weight excluding hydrogens is 266 g/mol. The normalized spacial score (nSPS) is 10.3. The molecule has 3 rings (SSSR count). The first-order valence-corrected chi connectivity index (χ1v) is 6.37. The Labute approximate surface area is 121 Å². The molecule has 0 spiro atoms. The molecule has 0 saturated carbocycles. The van der Waals surface area contributed by atoms with Crippen LogP contribution in [0.15, 0.2) is 60.9 Å². The molecule has 104 valence electrons. The molecule has 21 heavy (non-hydrogen) atoms. The fourth-order valence-electron chi connectivity index (χ4n) is 2.01. The minimum Gasteiger partial charge on any atom is -0.398 e. The lowest BCUT2D eigenvalue weighted by Crippen LogP contribution is -2.15. The van der Waals surface area contributed by atoms with E-state index >= 15 is 0 Å². The van der Waals surface area contributed by atoms with Gasteiger partial charge in [-0.2, -0.15) is 0 Å². The maximum atomic E-state index is 12.3. The van der Waals surface area contributed by atoms with Gasteiger partial charge in [-0.15, -0.1) is 5.10 Å². The van der Waals surface area contributed by atoms with Gasteiger partial charge in [-0.25, -0.2) is 4.68 Å². The van der Waals surface area contributed by atoms with Gasteiger partial charge in [-0.1, -0.05) is 29.5 Å². The van der Waals surface area contributed by atoms with Crippen LogP contribution in [0.25, 0.3) is 5.69 Å². The van der Waals surface area contributed by atoms with Gasteiger partial charge in [-0.05, 0) is 24.3 Å². The minimum absolute atomic E-state index is 0.263. The maximum absolute atomic E-state index is 12.3. The van der Waals surface area contributed by atoms with Crippen LogP contribution in [-0.2, 0) is 0 Å². The number of para-hydroxylation sites is 3. The van der Waals surface area contributed by atoms with Crippen LogP contribution in [-0.4, -0.2) is 20.9 Å². The van der Waals surface area contributed by atoms with E-state index in [9.17, 15) is 4.79 Å². The Balaban J connectivity index is 1.93. The number of nitrogens with zero attached hydrogens (tertiary/aromatic N) is 3. The largest absolute Gasteiger partial charge is 0.398 e. The van der Waals surface area contributed by atoms with Crippen molar-refractivity contribution < 1.29 is 4.79 Å². The third-order valence-electron chi connectivity index (χ3n) is 3.03. The van der Waals surface area contributed by atoms with Gasteiger partial charge in [0.05, 0.1) is 29.3 Å². The maximum Gasteiger partial charge on any atom is 0.257 e. The number of nitrogen functional groups attached to an aromatic ring is 1. The Morgan fingerprint density at radius 1 is 1.10 bits per heavy atom. The minimum atomic E-state index is -0.263. The van der Waals surface area contributed by atoms with Crippen molar-refractivity contribution in [1.29, 1.82) is 0 Å². The van der Waals surface area contributed by atoms with Crippen molar-refractivity contribution in [3.05, 3.63) is 66.5 Å². The van der Waals surface area contributed by atoms with Gasteiger partial charge in [0, 0.05) is 5.69 Å². The van der Waals surface area contributed by atoms with E-state index in [0.29, 0.717) is 16.9 Å². The molecule has 0 aliphatic rings. The molecule has 6 nitrogen and oxygen atoms in total. The first-order chi connectivity index (χ1) is 10.3. The number of benzene rings is 2. The quantitative estimate of drug-likeness (QED) is 0.719. The number of nitrogens with one attached hydrogen (secondary N) is 1. The van der Waals surface area contributed by atoms with E-state index in [2.05, 4.69) is 15.6 Å². The number of amides is 1. The van der Waals surface area contributed by atoms with Crippen LogP contribution in [0.1, 0.15) is 10.4 Å². The molecule has 0 aliphatic heterocycles. The first kappa shape index (κ1) is 12.9. The van der Waals surface area contributed by atoms with E-state index in [-0.39, 0.29) is 5.91 Å². The predicted octanol–water partition coefficient (Wildman–Crippen LogP) is 2.10. The molecule has 3 aromatic rings. The number of aromatic nitrogens is 3. The van der Waals surface area contributed by atoms with Gasteiger partial charge < -0.3 is 11.1 Å². The molecule has 0 atom stereocenters. The number of hydrogen-bond donors (Lipinski definition) is 2. The number of anilines is 2. The SMILES string of the molecule is Nc1ccccc1C(=O)Nc1ccccc1-n1ccnn1. The zero-order chi connectivity index (χ0) is 14.7. The molecular formula is C15H13N5O. The summed E-state index contributed by atoms with van der Waals surface area (Å²) in [6.45, 7) is 0. The Kier molecular flexibility index (Phi) is 3.34. The topological polar surface area (TPSA) is 85.8 Å². The lowest BCUT2D eigenvalue weighted by Gasteiger charge is -2.11. The lowest BCUT2D eigenvalue weighted by atomic mass is 10.1. The highest BCUT2D eigenvalue weighted by atomic mass is 16.1. The first-order valence-electron chi connectivity index (χ1n) is 6.37. The van der Waals surface area contributed by atoms with Crippen molar-refractivity contribution in [2.75, 3.05) is 11.1 Å². The monoisotopic (exact) mass is 279 g/mol. The fourth-order valence-corrected chi connectivity index (χ4v) is 2.01. The summed E-state index contributed by atoms with van der Waals surface area (Å²) in [6.07, 6.45) is 3.29. The molecule has 0 radical (unpaired) electrons. The smallest absolute Gasteiger partial charge is 0.257 e. The van der Waals surface area contributed by atoms with Crippen LogP contribution < -0.4 is 11.1 Å². The molecule has 1 amide bonds. The summed E-state index contributed by atoms with van der Waals surface area (Å²) in [7, 11) is 0. The van der Waals surface area contributed by atoms with E-state index in [1.54, 1.807) is 47.4 Å². The van der Waals surface area contributed by atoms with E-state index in [1.807, 2.05) is 18.2 Å². The molecule has 3 N–H and O–H groups in total. The number of hydrogen-bond acceptors (Lipinski definition) is 4. The molecule has 1 aromatic heterocycles.